The quantitative estimate of drug-likeness (QED) is 0.620. The molecule has 0 saturated carbocycles. The number of nitrogens with zero attached hydrogens (tertiary/aromatic N) is 4. The zero-order chi connectivity index (χ0) is 17.9. The molecular weight excluding hydrogens is 411 g/mol. The van der Waals surface area contributed by atoms with Gasteiger partial charge in [-0.15, -0.1) is 12.4 Å². The average Bonchev–Trinajstić information content (AvgIpc) is 3.32. The van der Waals surface area contributed by atoms with Crippen LogP contribution in [0, 0.1) is 0 Å². The molecule has 144 valence electrons. The van der Waals surface area contributed by atoms with Crippen LogP contribution in [-0.4, -0.2) is 60.3 Å². The lowest BCUT2D eigenvalue weighted by molar-refractivity contribution is 0.0390. The van der Waals surface area contributed by atoms with Gasteiger partial charge in [0.1, 0.15) is 0 Å². The van der Waals surface area contributed by atoms with Gasteiger partial charge in [0.25, 0.3) is 5.91 Å². The molecule has 0 aliphatic carbocycles. The third-order valence-corrected chi connectivity index (χ3v) is 5.48. The van der Waals surface area contributed by atoms with Crippen LogP contribution in [0.15, 0.2) is 35.0 Å². The summed E-state index contributed by atoms with van der Waals surface area (Å²) in [6, 6.07) is 7.08. The van der Waals surface area contributed by atoms with Crippen molar-refractivity contribution in [3.8, 4) is 0 Å². The molecular formula is C17H18Cl2N4O3S. The van der Waals surface area contributed by atoms with Crippen molar-refractivity contribution in [2.75, 3.05) is 44.3 Å². The van der Waals surface area contributed by atoms with Gasteiger partial charge in [0.2, 0.25) is 5.76 Å². The number of hydrogen-bond acceptors (Lipinski definition) is 7. The SMILES string of the molecule is Cl.O=C(c1ccno1)N(CCN1CCOCC1)c1nc2ccc(Cl)cc2s1. The van der Waals surface area contributed by atoms with Gasteiger partial charge in [0, 0.05) is 37.3 Å². The van der Waals surface area contributed by atoms with E-state index in [1.807, 2.05) is 12.1 Å². The number of morpholine rings is 1. The Morgan fingerprint density at radius 3 is 2.85 bits per heavy atom. The largest absolute Gasteiger partial charge is 0.379 e. The Morgan fingerprint density at radius 1 is 1.30 bits per heavy atom. The molecule has 1 aliphatic heterocycles. The number of halogens is 2. The van der Waals surface area contributed by atoms with E-state index < -0.39 is 0 Å². The Balaban J connectivity index is 0.00000210. The zero-order valence-corrected chi connectivity index (χ0v) is 16.7. The third kappa shape index (κ3) is 4.59. The fourth-order valence-electron chi connectivity index (χ4n) is 2.81. The highest BCUT2D eigenvalue weighted by Gasteiger charge is 2.25. The van der Waals surface area contributed by atoms with E-state index in [0.29, 0.717) is 16.7 Å². The van der Waals surface area contributed by atoms with E-state index in [4.69, 9.17) is 20.9 Å². The van der Waals surface area contributed by atoms with Crippen molar-refractivity contribution in [2.24, 2.45) is 0 Å². The third-order valence-electron chi connectivity index (χ3n) is 4.21. The number of amides is 1. The topological polar surface area (TPSA) is 71.7 Å². The first-order valence-electron chi connectivity index (χ1n) is 8.29. The molecule has 27 heavy (non-hydrogen) atoms. The molecule has 1 aromatic carbocycles. The summed E-state index contributed by atoms with van der Waals surface area (Å²) in [5.41, 5.74) is 0.816. The second-order valence-corrected chi connectivity index (χ2v) is 7.34. The zero-order valence-electron chi connectivity index (χ0n) is 14.3. The molecule has 10 heteroatoms. The molecule has 7 nitrogen and oxygen atoms in total. The van der Waals surface area contributed by atoms with Crippen LogP contribution in [-0.2, 0) is 4.74 Å². The number of rotatable bonds is 5. The summed E-state index contributed by atoms with van der Waals surface area (Å²) >= 11 is 7.51. The van der Waals surface area contributed by atoms with Gasteiger partial charge >= 0.3 is 0 Å². The van der Waals surface area contributed by atoms with Crippen molar-refractivity contribution in [1.82, 2.24) is 15.0 Å². The first kappa shape index (κ1) is 20.0. The van der Waals surface area contributed by atoms with Gasteiger partial charge in [0.15, 0.2) is 5.13 Å². The van der Waals surface area contributed by atoms with E-state index in [-0.39, 0.29) is 24.1 Å². The summed E-state index contributed by atoms with van der Waals surface area (Å²) in [5.74, 6) is -0.0508. The highest BCUT2D eigenvalue weighted by molar-refractivity contribution is 7.22. The summed E-state index contributed by atoms with van der Waals surface area (Å²) in [6.07, 6.45) is 1.46. The number of benzene rings is 1. The fourth-order valence-corrected chi connectivity index (χ4v) is 4.08. The van der Waals surface area contributed by atoms with E-state index in [1.54, 1.807) is 17.0 Å². The molecule has 0 unspecified atom stereocenters. The highest BCUT2D eigenvalue weighted by atomic mass is 35.5. The van der Waals surface area contributed by atoms with Crippen molar-refractivity contribution in [2.45, 2.75) is 0 Å². The minimum atomic E-state index is -0.249. The normalized spacial score (nSPS) is 14.9. The lowest BCUT2D eigenvalue weighted by Gasteiger charge is -2.28. The number of aromatic nitrogens is 2. The van der Waals surface area contributed by atoms with Crippen molar-refractivity contribution >= 4 is 56.6 Å². The molecule has 2 aromatic heterocycles. The van der Waals surface area contributed by atoms with Gasteiger partial charge < -0.3 is 9.26 Å². The summed E-state index contributed by atoms with van der Waals surface area (Å²) in [5, 5.41) is 4.91. The minimum absolute atomic E-state index is 0. The van der Waals surface area contributed by atoms with Crippen LogP contribution < -0.4 is 4.90 Å². The molecule has 3 heterocycles. The van der Waals surface area contributed by atoms with Crippen LogP contribution in [0.3, 0.4) is 0 Å². The summed E-state index contributed by atoms with van der Waals surface area (Å²) in [6.45, 7) is 4.40. The Bertz CT molecular complexity index is 897. The molecule has 1 amide bonds. The van der Waals surface area contributed by atoms with Crippen molar-refractivity contribution < 1.29 is 14.1 Å². The number of carbonyl (C=O) groups excluding carboxylic acids is 1. The van der Waals surface area contributed by atoms with Gasteiger partial charge in [-0.05, 0) is 18.2 Å². The summed E-state index contributed by atoms with van der Waals surface area (Å²) in [4.78, 5) is 21.4. The molecule has 4 rings (SSSR count). The predicted octanol–water partition coefficient (Wildman–Crippen LogP) is 3.34. The van der Waals surface area contributed by atoms with E-state index in [2.05, 4.69) is 15.0 Å². The molecule has 1 aliphatic rings. The van der Waals surface area contributed by atoms with E-state index in [0.717, 1.165) is 43.1 Å². The van der Waals surface area contributed by atoms with Gasteiger partial charge in [-0.25, -0.2) is 4.98 Å². The van der Waals surface area contributed by atoms with Crippen molar-refractivity contribution in [3.63, 3.8) is 0 Å². The highest BCUT2D eigenvalue weighted by Crippen LogP contribution is 2.31. The maximum atomic E-state index is 12.9. The molecule has 1 fully saturated rings. The molecule has 0 spiro atoms. The first-order valence-corrected chi connectivity index (χ1v) is 9.49. The fraction of sp³-hybridized carbons (Fsp3) is 0.353. The van der Waals surface area contributed by atoms with Gasteiger partial charge in [0.05, 0.1) is 29.6 Å². The van der Waals surface area contributed by atoms with E-state index in [1.165, 1.54) is 17.5 Å². The lowest BCUT2D eigenvalue weighted by atomic mass is 10.3. The van der Waals surface area contributed by atoms with Crippen molar-refractivity contribution in [1.29, 1.82) is 0 Å². The predicted molar refractivity (Wildman–Crippen MR) is 107 cm³/mol. The van der Waals surface area contributed by atoms with Crippen LogP contribution >= 0.6 is 35.3 Å². The standard InChI is InChI=1S/C17H17ClN4O3S.ClH/c18-12-1-2-13-15(11-12)26-17(20-13)22(16(23)14-3-4-19-25-14)6-5-21-7-9-24-10-8-21;/h1-4,11H,5-10H2;1H. The summed E-state index contributed by atoms with van der Waals surface area (Å²) < 4.78 is 11.4. The molecule has 0 atom stereocenters. The number of hydrogen-bond donors (Lipinski definition) is 0. The smallest absolute Gasteiger partial charge is 0.298 e. The molecule has 0 N–H and O–H groups in total. The Hall–Kier alpha value is -1.71. The van der Waals surface area contributed by atoms with Gasteiger partial charge in [-0.3, -0.25) is 14.6 Å². The summed E-state index contributed by atoms with van der Waals surface area (Å²) in [7, 11) is 0. The van der Waals surface area contributed by atoms with E-state index >= 15 is 0 Å². The molecule has 0 radical (unpaired) electrons. The first-order chi connectivity index (χ1) is 12.7. The molecule has 1 saturated heterocycles. The number of fused-ring (bicyclic) bond motifs is 1. The number of carbonyl (C=O) groups is 1. The average molecular weight is 429 g/mol. The van der Waals surface area contributed by atoms with Crippen LogP contribution in [0.2, 0.25) is 5.02 Å². The van der Waals surface area contributed by atoms with Gasteiger partial charge in [-0.2, -0.15) is 0 Å². The Labute approximate surface area is 171 Å². The van der Waals surface area contributed by atoms with Crippen molar-refractivity contribution in [3.05, 3.63) is 41.2 Å². The van der Waals surface area contributed by atoms with Crippen LogP contribution in [0.4, 0.5) is 5.13 Å². The van der Waals surface area contributed by atoms with Crippen LogP contribution in [0.5, 0.6) is 0 Å². The van der Waals surface area contributed by atoms with Crippen LogP contribution in [0.1, 0.15) is 10.6 Å². The number of thiazole rings is 1. The molecule has 0 bridgehead atoms. The van der Waals surface area contributed by atoms with E-state index in [9.17, 15) is 4.79 Å². The van der Waals surface area contributed by atoms with Gasteiger partial charge in [-0.1, -0.05) is 28.1 Å². The molecule has 3 aromatic rings. The number of ether oxygens (including phenoxy) is 1. The minimum Gasteiger partial charge on any atom is -0.379 e. The second-order valence-electron chi connectivity index (χ2n) is 5.90. The maximum Gasteiger partial charge on any atom is 0.298 e. The maximum absolute atomic E-state index is 12.9. The Morgan fingerprint density at radius 2 is 2.11 bits per heavy atom. The number of anilines is 1. The lowest BCUT2D eigenvalue weighted by Crippen LogP contribution is -2.43. The van der Waals surface area contributed by atoms with Crippen LogP contribution in [0.25, 0.3) is 10.2 Å². The second kappa shape index (κ2) is 8.99. The Kier molecular flexibility index (Phi) is 6.67. The monoisotopic (exact) mass is 428 g/mol.